The monoisotopic (exact) mass is 348 g/mol. The summed E-state index contributed by atoms with van der Waals surface area (Å²) in [7, 11) is 0. The molecule has 2 saturated heterocycles. The molecular weight excluding hydrogens is 316 g/mol. The second-order valence-corrected chi connectivity index (χ2v) is 7.81. The fourth-order valence-electron chi connectivity index (χ4n) is 3.99. The summed E-state index contributed by atoms with van der Waals surface area (Å²) in [6, 6.07) is 0.260. The van der Waals surface area contributed by atoms with Crippen LogP contribution in [-0.2, 0) is 11.3 Å². The van der Waals surface area contributed by atoms with Crippen molar-refractivity contribution in [1.82, 2.24) is 19.8 Å². The molecule has 1 atom stereocenters. The van der Waals surface area contributed by atoms with Gasteiger partial charge in [-0.2, -0.15) is 0 Å². The van der Waals surface area contributed by atoms with Crippen molar-refractivity contribution in [2.75, 3.05) is 26.3 Å². The molecule has 25 heavy (non-hydrogen) atoms. The van der Waals surface area contributed by atoms with Gasteiger partial charge in [0.25, 0.3) is 0 Å². The molecule has 2 amide bonds. The highest BCUT2D eigenvalue weighted by Crippen LogP contribution is 2.28. The van der Waals surface area contributed by atoms with Crippen LogP contribution in [0.1, 0.15) is 57.0 Å². The number of urea groups is 1. The Bertz CT molecular complexity index is 578. The maximum atomic E-state index is 12.3. The van der Waals surface area contributed by atoms with Gasteiger partial charge in [0.2, 0.25) is 0 Å². The van der Waals surface area contributed by atoms with E-state index < -0.39 is 0 Å². The van der Waals surface area contributed by atoms with E-state index >= 15 is 0 Å². The quantitative estimate of drug-likeness (QED) is 0.910. The van der Waals surface area contributed by atoms with E-state index in [4.69, 9.17) is 9.72 Å². The number of aryl methyl sites for hydroxylation is 1. The predicted molar refractivity (Wildman–Crippen MR) is 97.7 cm³/mol. The normalized spacial score (nSPS) is 22.4. The Labute approximate surface area is 150 Å². The third-order valence-corrected chi connectivity index (χ3v) is 5.33. The Balaban J connectivity index is 1.65. The third-order valence-electron chi connectivity index (χ3n) is 5.33. The van der Waals surface area contributed by atoms with Crippen molar-refractivity contribution in [2.45, 2.75) is 65.0 Å². The Morgan fingerprint density at radius 1 is 1.36 bits per heavy atom. The molecule has 0 aliphatic carbocycles. The molecule has 3 rings (SSSR count). The SMILES string of the molecule is Cc1cnc(C2CCOCC2)n1CC1CCCN(C(=O)NC(C)C)C1. The van der Waals surface area contributed by atoms with Crippen LogP contribution in [0.15, 0.2) is 6.20 Å². The molecule has 0 aromatic carbocycles. The predicted octanol–water partition coefficient (Wildman–Crippen LogP) is 2.92. The number of hydrogen-bond donors (Lipinski definition) is 1. The van der Waals surface area contributed by atoms with Gasteiger partial charge in [-0.3, -0.25) is 0 Å². The van der Waals surface area contributed by atoms with Gasteiger partial charge in [0.1, 0.15) is 5.82 Å². The van der Waals surface area contributed by atoms with Crippen LogP contribution < -0.4 is 5.32 Å². The second-order valence-electron chi connectivity index (χ2n) is 7.81. The molecule has 2 aliphatic heterocycles. The summed E-state index contributed by atoms with van der Waals surface area (Å²) >= 11 is 0. The van der Waals surface area contributed by atoms with Crippen molar-refractivity contribution in [2.24, 2.45) is 5.92 Å². The summed E-state index contributed by atoms with van der Waals surface area (Å²) in [6.07, 6.45) is 6.37. The molecule has 0 saturated carbocycles. The van der Waals surface area contributed by atoms with Crippen molar-refractivity contribution in [3.8, 4) is 0 Å². The van der Waals surface area contributed by atoms with E-state index in [1.807, 2.05) is 24.9 Å². The first-order valence-electron chi connectivity index (χ1n) is 9.69. The topological polar surface area (TPSA) is 59.4 Å². The van der Waals surface area contributed by atoms with Gasteiger partial charge in [0.15, 0.2) is 0 Å². The summed E-state index contributed by atoms with van der Waals surface area (Å²) in [4.78, 5) is 19.0. The molecule has 0 bridgehead atoms. The van der Waals surface area contributed by atoms with E-state index in [2.05, 4.69) is 16.8 Å². The average Bonchev–Trinajstić information content (AvgIpc) is 2.96. The lowest BCUT2D eigenvalue weighted by atomic mass is 9.96. The fourth-order valence-corrected chi connectivity index (χ4v) is 3.99. The number of aromatic nitrogens is 2. The number of nitrogens with one attached hydrogen (secondary N) is 1. The molecule has 3 heterocycles. The van der Waals surface area contributed by atoms with Gasteiger partial charge in [-0.15, -0.1) is 0 Å². The molecule has 6 heteroatoms. The van der Waals surface area contributed by atoms with Crippen LogP contribution in [-0.4, -0.2) is 52.8 Å². The van der Waals surface area contributed by atoms with Crippen LogP contribution in [0, 0.1) is 12.8 Å². The van der Waals surface area contributed by atoms with Crippen LogP contribution in [0.25, 0.3) is 0 Å². The number of hydrogen-bond acceptors (Lipinski definition) is 3. The van der Waals surface area contributed by atoms with E-state index in [1.165, 1.54) is 17.9 Å². The molecule has 2 fully saturated rings. The van der Waals surface area contributed by atoms with Crippen molar-refractivity contribution in [3.05, 3.63) is 17.7 Å². The van der Waals surface area contributed by atoms with Gasteiger partial charge < -0.3 is 19.5 Å². The number of rotatable bonds is 4. The standard InChI is InChI=1S/C19H32N4O2/c1-14(2)21-19(24)22-8-4-5-16(12-22)13-23-15(3)11-20-18(23)17-6-9-25-10-7-17/h11,14,16-17H,4-10,12-13H2,1-3H3,(H,21,24). The number of piperidine rings is 1. The van der Waals surface area contributed by atoms with Crippen LogP contribution in [0.3, 0.4) is 0 Å². The van der Waals surface area contributed by atoms with Crippen LogP contribution in [0.4, 0.5) is 4.79 Å². The first kappa shape index (κ1) is 18.2. The Kier molecular flexibility index (Phi) is 5.99. The van der Waals surface area contributed by atoms with Crippen molar-refractivity contribution < 1.29 is 9.53 Å². The van der Waals surface area contributed by atoms with E-state index in [0.29, 0.717) is 11.8 Å². The largest absolute Gasteiger partial charge is 0.381 e. The zero-order valence-electron chi connectivity index (χ0n) is 15.8. The zero-order valence-corrected chi connectivity index (χ0v) is 15.8. The Hall–Kier alpha value is -1.56. The first-order valence-corrected chi connectivity index (χ1v) is 9.69. The highest BCUT2D eigenvalue weighted by molar-refractivity contribution is 5.74. The summed E-state index contributed by atoms with van der Waals surface area (Å²) in [6.45, 7) is 10.5. The van der Waals surface area contributed by atoms with Crippen LogP contribution in [0.2, 0.25) is 0 Å². The van der Waals surface area contributed by atoms with Gasteiger partial charge >= 0.3 is 6.03 Å². The van der Waals surface area contributed by atoms with Crippen LogP contribution in [0.5, 0.6) is 0 Å². The Morgan fingerprint density at radius 2 is 2.12 bits per heavy atom. The molecule has 6 nitrogen and oxygen atoms in total. The molecule has 0 radical (unpaired) electrons. The van der Waals surface area contributed by atoms with Crippen molar-refractivity contribution in [1.29, 1.82) is 0 Å². The number of likely N-dealkylation sites (tertiary alicyclic amines) is 1. The second kappa shape index (κ2) is 8.21. The molecular formula is C19H32N4O2. The van der Waals surface area contributed by atoms with Gasteiger partial charge in [-0.05, 0) is 52.4 Å². The van der Waals surface area contributed by atoms with Crippen LogP contribution >= 0.6 is 0 Å². The highest BCUT2D eigenvalue weighted by Gasteiger charge is 2.27. The van der Waals surface area contributed by atoms with E-state index in [9.17, 15) is 4.79 Å². The summed E-state index contributed by atoms with van der Waals surface area (Å²) in [5.41, 5.74) is 1.23. The minimum absolute atomic E-state index is 0.0757. The van der Waals surface area contributed by atoms with Gasteiger partial charge in [0, 0.05) is 56.7 Å². The first-order chi connectivity index (χ1) is 12.0. The third kappa shape index (κ3) is 4.54. The summed E-state index contributed by atoms with van der Waals surface area (Å²) < 4.78 is 7.90. The maximum absolute atomic E-state index is 12.3. The smallest absolute Gasteiger partial charge is 0.317 e. The molecule has 0 spiro atoms. The number of ether oxygens (including phenoxy) is 1. The lowest BCUT2D eigenvalue weighted by Crippen LogP contribution is -2.48. The minimum Gasteiger partial charge on any atom is -0.381 e. The number of amides is 2. The number of carbonyl (C=O) groups excluding carboxylic acids is 1. The number of imidazole rings is 1. The number of carbonyl (C=O) groups is 1. The maximum Gasteiger partial charge on any atom is 0.317 e. The van der Waals surface area contributed by atoms with Gasteiger partial charge in [-0.25, -0.2) is 9.78 Å². The molecule has 140 valence electrons. The lowest BCUT2D eigenvalue weighted by molar-refractivity contribution is 0.0822. The van der Waals surface area contributed by atoms with E-state index in [-0.39, 0.29) is 12.1 Å². The molecule has 1 unspecified atom stereocenters. The highest BCUT2D eigenvalue weighted by atomic mass is 16.5. The average molecular weight is 348 g/mol. The van der Waals surface area contributed by atoms with Gasteiger partial charge in [0.05, 0.1) is 0 Å². The van der Waals surface area contributed by atoms with E-state index in [1.54, 1.807) is 0 Å². The molecule has 1 aromatic rings. The zero-order chi connectivity index (χ0) is 17.8. The van der Waals surface area contributed by atoms with Crippen molar-refractivity contribution >= 4 is 6.03 Å². The Morgan fingerprint density at radius 3 is 2.84 bits per heavy atom. The lowest BCUT2D eigenvalue weighted by Gasteiger charge is -2.34. The molecule has 1 N–H and O–H groups in total. The molecule has 1 aromatic heterocycles. The number of nitrogens with zero attached hydrogens (tertiary/aromatic N) is 3. The minimum atomic E-state index is 0.0757. The van der Waals surface area contributed by atoms with E-state index in [0.717, 1.165) is 52.1 Å². The summed E-state index contributed by atoms with van der Waals surface area (Å²) in [5, 5.41) is 3.02. The van der Waals surface area contributed by atoms with Gasteiger partial charge in [-0.1, -0.05) is 0 Å². The summed E-state index contributed by atoms with van der Waals surface area (Å²) in [5.74, 6) is 2.22. The molecule has 2 aliphatic rings. The fraction of sp³-hybridized carbons (Fsp3) is 0.789. The van der Waals surface area contributed by atoms with Crippen molar-refractivity contribution in [3.63, 3.8) is 0 Å².